The molecule has 27 heavy (non-hydrogen) atoms. The smallest absolute Gasteiger partial charge is 0.260 e. The van der Waals surface area contributed by atoms with Crippen LogP contribution >= 0.6 is 23.2 Å². The minimum Gasteiger partial charge on any atom is -0.483 e. The fourth-order valence-electron chi connectivity index (χ4n) is 2.69. The van der Waals surface area contributed by atoms with Gasteiger partial charge in [0.25, 0.3) is 5.91 Å². The van der Waals surface area contributed by atoms with E-state index in [4.69, 9.17) is 27.9 Å². The number of carbonyl (C=O) groups is 2. The van der Waals surface area contributed by atoms with E-state index in [1.165, 1.54) is 6.08 Å². The van der Waals surface area contributed by atoms with Crippen LogP contribution in [0.3, 0.4) is 0 Å². The highest BCUT2D eigenvalue weighted by Crippen LogP contribution is 2.26. The summed E-state index contributed by atoms with van der Waals surface area (Å²) in [7, 11) is 0. The summed E-state index contributed by atoms with van der Waals surface area (Å²) in [5, 5.41) is 3.93. The summed E-state index contributed by atoms with van der Waals surface area (Å²) in [6.45, 7) is 1.06. The fraction of sp³-hybridized carbons (Fsp3) is 0.200. The third-order valence-electron chi connectivity index (χ3n) is 4.09. The maximum absolute atomic E-state index is 12.2. The predicted octanol–water partition coefficient (Wildman–Crippen LogP) is 3.54. The van der Waals surface area contributed by atoms with Crippen molar-refractivity contribution in [1.82, 2.24) is 10.2 Å². The second-order valence-corrected chi connectivity index (χ2v) is 6.85. The van der Waals surface area contributed by atoms with Crippen molar-refractivity contribution in [2.24, 2.45) is 0 Å². The first kappa shape index (κ1) is 19.3. The molecule has 0 saturated heterocycles. The molecule has 5 nitrogen and oxygen atoms in total. The minimum atomic E-state index is -0.253. The van der Waals surface area contributed by atoms with E-state index in [9.17, 15) is 9.59 Å². The third-order valence-corrected chi connectivity index (χ3v) is 4.67. The number of hydrogen-bond acceptors (Lipinski definition) is 3. The zero-order valence-corrected chi connectivity index (χ0v) is 16.0. The van der Waals surface area contributed by atoms with Crippen molar-refractivity contribution in [2.45, 2.75) is 6.54 Å². The number of nitrogens with zero attached hydrogens (tertiary/aromatic N) is 1. The second-order valence-electron chi connectivity index (χ2n) is 6.00. The lowest BCUT2D eigenvalue weighted by Gasteiger charge is -2.20. The molecule has 1 N–H and O–H groups in total. The quantitative estimate of drug-likeness (QED) is 0.775. The molecule has 140 valence electrons. The van der Waals surface area contributed by atoms with Crippen LogP contribution < -0.4 is 10.1 Å². The fourth-order valence-corrected chi connectivity index (χ4v) is 3.08. The van der Waals surface area contributed by atoms with Gasteiger partial charge < -0.3 is 15.0 Å². The molecule has 2 aromatic rings. The van der Waals surface area contributed by atoms with Gasteiger partial charge in [-0.3, -0.25) is 9.59 Å². The lowest BCUT2D eigenvalue weighted by molar-refractivity contribution is -0.133. The molecule has 2 amide bonds. The van der Waals surface area contributed by atoms with E-state index in [0.717, 1.165) is 11.1 Å². The Hall–Kier alpha value is -2.50. The van der Waals surface area contributed by atoms with E-state index >= 15 is 0 Å². The van der Waals surface area contributed by atoms with Gasteiger partial charge in [-0.2, -0.15) is 0 Å². The van der Waals surface area contributed by atoms with Crippen LogP contribution in [0.4, 0.5) is 0 Å². The highest BCUT2D eigenvalue weighted by molar-refractivity contribution is 6.32. The molecule has 0 aliphatic carbocycles. The van der Waals surface area contributed by atoms with Crippen molar-refractivity contribution in [2.75, 3.05) is 19.7 Å². The summed E-state index contributed by atoms with van der Waals surface area (Å²) in [6.07, 6.45) is 3.07. The van der Waals surface area contributed by atoms with Crippen LogP contribution in [-0.2, 0) is 16.1 Å². The van der Waals surface area contributed by atoms with Crippen LogP contribution in [0, 0.1) is 0 Å². The van der Waals surface area contributed by atoms with Gasteiger partial charge in [-0.25, -0.2) is 0 Å². The average Bonchev–Trinajstić information content (AvgIpc) is 2.80. The van der Waals surface area contributed by atoms with Gasteiger partial charge in [0.05, 0.1) is 0 Å². The zero-order valence-electron chi connectivity index (χ0n) is 14.5. The van der Waals surface area contributed by atoms with Crippen molar-refractivity contribution < 1.29 is 14.3 Å². The highest BCUT2D eigenvalue weighted by atomic mass is 35.5. The number of rotatable bonds is 5. The molecule has 1 heterocycles. The summed E-state index contributed by atoms with van der Waals surface area (Å²) in [5.41, 5.74) is 1.61. The van der Waals surface area contributed by atoms with Crippen molar-refractivity contribution in [1.29, 1.82) is 0 Å². The summed E-state index contributed by atoms with van der Waals surface area (Å²) in [6, 6.07) is 12.5. The first-order valence-electron chi connectivity index (χ1n) is 8.42. The topological polar surface area (TPSA) is 58.6 Å². The Morgan fingerprint density at radius 1 is 1.22 bits per heavy atom. The average molecular weight is 405 g/mol. The van der Waals surface area contributed by atoms with Crippen LogP contribution in [-0.4, -0.2) is 36.4 Å². The molecule has 1 aliphatic rings. The molecule has 3 rings (SSSR count). The standard InChI is InChI=1S/C20H18Cl2N2O3/c21-16-6-7-18-15(11-16)12-24(20(26)13-27-18)10-9-23-19(25)8-5-14-3-1-2-4-17(14)22/h1-8,11H,9-10,12-13H2,(H,23,25). The number of fused-ring (bicyclic) bond motifs is 1. The third kappa shape index (κ3) is 5.25. The molecule has 0 saturated carbocycles. The first-order chi connectivity index (χ1) is 13.0. The van der Waals surface area contributed by atoms with Gasteiger partial charge in [-0.05, 0) is 35.9 Å². The SMILES string of the molecule is O=C(C=Cc1ccccc1Cl)NCCN1Cc2cc(Cl)ccc2OCC1=O. The maximum atomic E-state index is 12.2. The number of hydrogen-bond donors (Lipinski definition) is 1. The lowest BCUT2D eigenvalue weighted by atomic mass is 10.2. The molecule has 0 spiro atoms. The van der Waals surface area contributed by atoms with Gasteiger partial charge in [0.1, 0.15) is 5.75 Å². The van der Waals surface area contributed by atoms with Gasteiger partial charge in [-0.15, -0.1) is 0 Å². The summed E-state index contributed by atoms with van der Waals surface area (Å²) in [5.74, 6) is 0.266. The molecule has 0 unspecified atom stereocenters. The zero-order chi connectivity index (χ0) is 19.2. The Balaban J connectivity index is 1.54. The minimum absolute atomic E-state index is 0.0328. The van der Waals surface area contributed by atoms with Crippen LogP contribution in [0.25, 0.3) is 6.08 Å². The Kier molecular flexibility index (Phi) is 6.37. The van der Waals surface area contributed by atoms with E-state index < -0.39 is 0 Å². The molecular weight excluding hydrogens is 387 g/mol. The Morgan fingerprint density at radius 2 is 2.04 bits per heavy atom. The van der Waals surface area contributed by atoms with Crippen molar-refractivity contribution >= 4 is 41.1 Å². The molecule has 7 heteroatoms. The molecule has 0 fully saturated rings. The number of carbonyl (C=O) groups excluding carboxylic acids is 2. The highest BCUT2D eigenvalue weighted by Gasteiger charge is 2.21. The van der Waals surface area contributed by atoms with Gasteiger partial charge in [-0.1, -0.05) is 41.4 Å². The van der Waals surface area contributed by atoms with Crippen LogP contribution in [0.15, 0.2) is 48.5 Å². The number of ether oxygens (including phenoxy) is 1. The second kappa shape index (κ2) is 8.93. The molecule has 0 bridgehead atoms. The van der Waals surface area contributed by atoms with Crippen LogP contribution in [0.5, 0.6) is 5.75 Å². The largest absolute Gasteiger partial charge is 0.483 e. The van der Waals surface area contributed by atoms with E-state index in [1.807, 2.05) is 18.2 Å². The number of halogens is 2. The number of amides is 2. The summed E-state index contributed by atoms with van der Waals surface area (Å²) >= 11 is 12.1. The van der Waals surface area contributed by atoms with Crippen molar-refractivity contribution in [3.63, 3.8) is 0 Å². The first-order valence-corrected chi connectivity index (χ1v) is 9.18. The van der Waals surface area contributed by atoms with Crippen LogP contribution in [0.1, 0.15) is 11.1 Å². The van der Waals surface area contributed by atoms with Crippen LogP contribution in [0.2, 0.25) is 10.0 Å². The van der Waals surface area contributed by atoms with Crippen molar-refractivity contribution in [3.8, 4) is 5.75 Å². The monoisotopic (exact) mass is 404 g/mol. The van der Waals surface area contributed by atoms with Gasteiger partial charge in [0.15, 0.2) is 6.61 Å². The normalized spacial score (nSPS) is 13.9. The molecule has 2 aromatic carbocycles. The van der Waals surface area contributed by atoms with E-state index in [0.29, 0.717) is 35.4 Å². The van der Waals surface area contributed by atoms with E-state index in [-0.39, 0.29) is 18.4 Å². The maximum Gasteiger partial charge on any atom is 0.260 e. The predicted molar refractivity (Wildman–Crippen MR) is 106 cm³/mol. The Bertz CT molecular complexity index is 883. The van der Waals surface area contributed by atoms with E-state index in [1.54, 1.807) is 35.2 Å². The summed E-state index contributed by atoms with van der Waals surface area (Å²) < 4.78 is 5.51. The lowest BCUT2D eigenvalue weighted by Crippen LogP contribution is -2.38. The van der Waals surface area contributed by atoms with Gasteiger partial charge in [0, 0.05) is 41.3 Å². The van der Waals surface area contributed by atoms with Gasteiger partial charge >= 0.3 is 0 Å². The Labute approximate surface area is 167 Å². The summed E-state index contributed by atoms with van der Waals surface area (Å²) in [4.78, 5) is 25.8. The van der Waals surface area contributed by atoms with Crippen molar-refractivity contribution in [3.05, 3.63) is 69.7 Å². The molecule has 1 aliphatic heterocycles. The number of nitrogens with one attached hydrogen (secondary N) is 1. The molecular formula is C20H18Cl2N2O3. The molecule has 0 aromatic heterocycles. The number of benzene rings is 2. The Morgan fingerprint density at radius 3 is 2.85 bits per heavy atom. The van der Waals surface area contributed by atoms with E-state index in [2.05, 4.69) is 5.32 Å². The molecule has 0 atom stereocenters. The van der Waals surface area contributed by atoms with Gasteiger partial charge in [0.2, 0.25) is 5.91 Å². The molecule has 0 radical (unpaired) electrons.